The lowest BCUT2D eigenvalue weighted by Crippen LogP contribution is -2.37. The molecule has 0 saturated heterocycles. The first kappa shape index (κ1) is 12.0. The number of carbonyl (C=O) groups is 1. The van der Waals surface area contributed by atoms with Gasteiger partial charge in [-0.2, -0.15) is 12.6 Å². The van der Waals surface area contributed by atoms with Gasteiger partial charge in [0.15, 0.2) is 0 Å². The fraction of sp³-hybridized carbons (Fsp3) is 0.300. The van der Waals surface area contributed by atoms with E-state index in [1.807, 2.05) is 0 Å². The monoisotopic (exact) mass is 228 g/mol. The first-order valence-electron chi connectivity index (χ1n) is 4.45. The number of hydrogen-bond acceptors (Lipinski definition) is 3. The molecule has 0 unspecified atom stereocenters. The van der Waals surface area contributed by atoms with E-state index in [0.29, 0.717) is 6.54 Å². The van der Waals surface area contributed by atoms with Crippen LogP contribution in [0.5, 0.6) is 0 Å². The van der Waals surface area contributed by atoms with Crippen LogP contribution in [0.2, 0.25) is 0 Å². The molecule has 0 bridgehead atoms. The predicted molar refractivity (Wildman–Crippen MR) is 58.5 cm³/mol. The van der Waals surface area contributed by atoms with Crippen molar-refractivity contribution in [2.75, 3.05) is 5.75 Å². The van der Waals surface area contributed by atoms with Crippen molar-refractivity contribution in [3.63, 3.8) is 0 Å². The average molecular weight is 228 g/mol. The molecule has 0 aromatic heterocycles. The molecule has 2 N–H and O–H groups in total. The van der Waals surface area contributed by atoms with Gasteiger partial charge in [0.1, 0.15) is 11.9 Å². The van der Waals surface area contributed by atoms with E-state index in [2.05, 4.69) is 17.9 Å². The van der Waals surface area contributed by atoms with E-state index in [1.165, 1.54) is 12.1 Å². The topological polar surface area (TPSA) is 49.3 Å². The predicted octanol–water partition coefficient (Wildman–Crippen LogP) is 1.30. The van der Waals surface area contributed by atoms with E-state index in [4.69, 9.17) is 5.11 Å². The van der Waals surface area contributed by atoms with Crippen molar-refractivity contribution in [2.45, 2.75) is 12.6 Å². The zero-order chi connectivity index (χ0) is 11.3. The molecule has 1 atom stereocenters. The Balaban J connectivity index is 2.49. The molecular formula is C10H12FNO2S. The standard InChI is InChI=1S/C10H12FNO2S/c11-8-3-1-7(2-4-8)5-12-9(6-15)10(13)14/h1-4,9,12,15H,5-6H2,(H,13,14)/t9-/m0/s1/i11-1. The highest BCUT2D eigenvalue weighted by Gasteiger charge is 2.13. The molecule has 1 aromatic carbocycles. The molecule has 0 aliphatic carbocycles. The first-order valence-corrected chi connectivity index (χ1v) is 5.08. The van der Waals surface area contributed by atoms with Crippen LogP contribution in [-0.4, -0.2) is 22.9 Å². The summed E-state index contributed by atoms with van der Waals surface area (Å²) in [6.45, 7) is 0.387. The lowest BCUT2D eigenvalue weighted by Gasteiger charge is -2.11. The minimum absolute atomic E-state index is 0.219. The maximum Gasteiger partial charge on any atom is 0.321 e. The van der Waals surface area contributed by atoms with Crippen molar-refractivity contribution in [1.29, 1.82) is 0 Å². The largest absolute Gasteiger partial charge is 0.480 e. The molecule has 0 heterocycles. The highest BCUT2D eigenvalue weighted by Crippen LogP contribution is 2.02. The van der Waals surface area contributed by atoms with E-state index < -0.39 is 12.0 Å². The van der Waals surface area contributed by atoms with Gasteiger partial charge in [-0.25, -0.2) is 4.39 Å². The molecule has 82 valence electrons. The molecule has 0 amide bonds. The van der Waals surface area contributed by atoms with Gasteiger partial charge in [0, 0.05) is 12.3 Å². The second-order valence-corrected chi connectivity index (χ2v) is 3.45. The third kappa shape index (κ3) is 3.89. The summed E-state index contributed by atoms with van der Waals surface area (Å²) in [7, 11) is 0. The highest BCUT2D eigenvalue weighted by atomic mass is 32.1. The molecular weight excluding hydrogens is 216 g/mol. The summed E-state index contributed by atoms with van der Waals surface area (Å²) < 4.78 is 12.6. The summed E-state index contributed by atoms with van der Waals surface area (Å²) in [6, 6.07) is 5.22. The third-order valence-corrected chi connectivity index (χ3v) is 2.31. The smallest absolute Gasteiger partial charge is 0.321 e. The van der Waals surface area contributed by atoms with Gasteiger partial charge in [-0.3, -0.25) is 10.1 Å². The van der Waals surface area contributed by atoms with Crippen molar-refractivity contribution < 1.29 is 14.3 Å². The fourth-order valence-corrected chi connectivity index (χ4v) is 1.36. The van der Waals surface area contributed by atoms with Crippen molar-refractivity contribution in [3.8, 4) is 0 Å². The summed E-state index contributed by atoms with van der Waals surface area (Å²) in [5.74, 6) is -1.02. The molecule has 5 heteroatoms. The van der Waals surface area contributed by atoms with E-state index in [0.717, 1.165) is 5.56 Å². The minimum Gasteiger partial charge on any atom is -0.480 e. The molecule has 0 aliphatic rings. The SMILES string of the molecule is O=C(O)[C@H](CS)NCc1ccc([18F])cc1. The molecule has 0 spiro atoms. The van der Waals surface area contributed by atoms with Gasteiger partial charge in [-0.15, -0.1) is 0 Å². The molecule has 15 heavy (non-hydrogen) atoms. The Morgan fingerprint density at radius 2 is 2.07 bits per heavy atom. The molecule has 0 radical (unpaired) electrons. The van der Waals surface area contributed by atoms with Crippen LogP contribution in [0.4, 0.5) is 4.39 Å². The van der Waals surface area contributed by atoms with E-state index in [-0.39, 0.29) is 11.6 Å². The number of benzene rings is 1. The number of halogens is 1. The van der Waals surface area contributed by atoms with Gasteiger partial charge in [0.2, 0.25) is 0 Å². The summed E-state index contributed by atoms with van der Waals surface area (Å²) in [5, 5.41) is 11.5. The Morgan fingerprint density at radius 3 is 2.53 bits per heavy atom. The van der Waals surface area contributed by atoms with Crippen LogP contribution in [0.3, 0.4) is 0 Å². The number of carboxylic acids is 1. The quantitative estimate of drug-likeness (QED) is 0.666. The molecule has 1 aromatic rings. The van der Waals surface area contributed by atoms with Crippen molar-refractivity contribution in [1.82, 2.24) is 5.32 Å². The van der Waals surface area contributed by atoms with E-state index in [9.17, 15) is 9.18 Å². The van der Waals surface area contributed by atoms with Gasteiger partial charge >= 0.3 is 5.97 Å². The highest BCUT2D eigenvalue weighted by molar-refractivity contribution is 7.80. The zero-order valence-electron chi connectivity index (χ0n) is 7.98. The van der Waals surface area contributed by atoms with Crippen molar-refractivity contribution >= 4 is 18.6 Å². The van der Waals surface area contributed by atoms with Crippen LogP contribution in [0.1, 0.15) is 5.56 Å². The van der Waals surface area contributed by atoms with E-state index >= 15 is 0 Å². The number of aliphatic carboxylic acids is 1. The third-order valence-electron chi connectivity index (χ3n) is 1.95. The van der Waals surface area contributed by atoms with Crippen molar-refractivity contribution in [2.24, 2.45) is 0 Å². The summed E-state index contributed by atoms with van der Waals surface area (Å²) in [5.41, 5.74) is 0.837. The summed E-state index contributed by atoms with van der Waals surface area (Å²) in [6.07, 6.45) is 0. The van der Waals surface area contributed by atoms with Crippen LogP contribution in [-0.2, 0) is 11.3 Å². The van der Waals surface area contributed by atoms with Gasteiger partial charge in [0.05, 0.1) is 0 Å². The van der Waals surface area contributed by atoms with Crippen molar-refractivity contribution in [3.05, 3.63) is 35.6 Å². The first-order chi connectivity index (χ1) is 7.13. The Morgan fingerprint density at radius 1 is 1.47 bits per heavy atom. The van der Waals surface area contributed by atoms with Gasteiger partial charge in [-0.1, -0.05) is 12.1 Å². The summed E-state index contributed by atoms with van der Waals surface area (Å²) in [4.78, 5) is 10.6. The Bertz CT molecular complexity index is 329. The van der Waals surface area contributed by atoms with Gasteiger partial charge in [-0.05, 0) is 17.7 Å². The lowest BCUT2D eigenvalue weighted by molar-refractivity contribution is -0.138. The van der Waals surface area contributed by atoms with Crippen LogP contribution < -0.4 is 5.32 Å². The lowest BCUT2D eigenvalue weighted by atomic mass is 10.2. The second-order valence-electron chi connectivity index (χ2n) is 3.08. The van der Waals surface area contributed by atoms with E-state index in [1.54, 1.807) is 12.1 Å². The van der Waals surface area contributed by atoms with Crippen LogP contribution in [0.15, 0.2) is 24.3 Å². The van der Waals surface area contributed by atoms with Gasteiger partial charge in [0.25, 0.3) is 0 Å². The minimum atomic E-state index is -0.938. The second kappa shape index (κ2) is 5.72. The molecule has 1 rings (SSSR count). The number of hydrogen-bond donors (Lipinski definition) is 3. The molecule has 0 fully saturated rings. The summed E-state index contributed by atoms with van der Waals surface area (Å²) >= 11 is 3.91. The van der Waals surface area contributed by atoms with Crippen LogP contribution in [0.25, 0.3) is 0 Å². The number of nitrogens with one attached hydrogen (secondary N) is 1. The number of rotatable bonds is 5. The zero-order valence-corrected chi connectivity index (χ0v) is 8.88. The Labute approximate surface area is 92.7 Å². The molecule has 0 saturated carbocycles. The van der Waals surface area contributed by atoms with Crippen LogP contribution >= 0.6 is 12.6 Å². The molecule has 0 aliphatic heterocycles. The number of thiol groups is 1. The Hall–Kier alpha value is -1.07. The van der Waals surface area contributed by atoms with Crippen LogP contribution in [0, 0.1) is 5.82 Å². The maximum absolute atomic E-state index is 12.6. The maximum atomic E-state index is 12.6. The Kier molecular flexibility index (Phi) is 4.58. The average Bonchev–Trinajstić information content (AvgIpc) is 2.21. The normalized spacial score (nSPS) is 12.4. The molecule has 3 nitrogen and oxygen atoms in total. The fourth-order valence-electron chi connectivity index (χ4n) is 1.07. The van der Waals surface area contributed by atoms with Gasteiger partial charge < -0.3 is 5.11 Å². The number of carboxylic acid groups (broad SMARTS) is 1.